The van der Waals surface area contributed by atoms with Crippen molar-refractivity contribution in [2.24, 2.45) is 0 Å². The van der Waals surface area contributed by atoms with Gasteiger partial charge in [0.15, 0.2) is 0 Å². The zero-order valence-corrected chi connectivity index (χ0v) is 9.68. The summed E-state index contributed by atoms with van der Waals surface area (Å²) in [6.07, 6.45) is 6.81. The minimum absolute atomic E-state index is 0.132. The van der Waals surface area contributed by atoms with Crippen molar-refractivity contribution < 1.29 is 4.79 Å². The molecule has 0 saturated heterocycles. The van der Waals surface area contributed by atoms with Gasteiger partial charge in [-0.1, -0.05) is 30.4 Å². The van der Waals surface area contributed by atoms with Gasteiger partial charge in [-0.25, -0.2) is 0 Å². The largest absolute Gasteiger partial charge is 0.348 e. The first kappa shape index (κ1) is 12.7. The van der Waals surface area contributed by atoms with Crippen LogP contribution in [0.15, 0.2) is 48.6 Å². The average Bonchev–Trinajstić information content (AvgIpc) is 2.37. The lowest BCUT2D eigenvalue weighted by atomic mass is 10.1. The Morgan fingerprint density at radius 2 is 2.06 bits per heavy atom. The van der Waals surface area contributed by atoms with E-state index in [-0.39, 0.29) is 5.91 Å². The highest BCUT2D eigenvalue weighted by molar-refractivity contribution is 5.87. The summed E-state index contributed by atoms with van der Waals surface area (Å²) in [6.45, 7) is 2.35. The third-order valence-electron chi connectivity index (χ3n) is 2.10. The molecule has 3 nitrogen and oxygen atoms in total. The first-order chi connectivity index (χ1) is 8.26. The third kappa shape index (κ3) is 4.80. The molecule has 0 atom stereocenters. The molecular formula is C14H14N2O. The highest BCUT2D eigenvalue weighted by atomic mass is 16.1. The SMILES string of the molecule is CC=CC=CC(=O)NCc1ccc(C#N)cc1. The Kier molecular flexibility index (Phi) is 5.26. The van der Waals surface area contributed by atoms with E-state index < -0.39 is 0 Å². The fourth-order valence-corrected chi connectivity index (χ4v) is 1.20. The van der Waals surface area contributed by atoms with Crippen molar-refractivity contribution in [3.63, 3.8) is 0 Å². The number of nitrogens with zero attached hydrogens (tertiary/aromatic N) is 1. The van der Waals surface area contributed by atoms with E-state index in [1.165, 1.54) is 6.08 Å². The highest BCUT2D eigenvalue weighted by Gasteiger charge is 1.96. The molecule has 0 aromatic heterocycles. The lowest BCUT2D eigenvalue weighted by Gasteiger charge is -2.02. The van der Waals surface area contributed by atoms with E-state index in [2.05, 4.69) is 5.32 Å². The minimum atomic E-state index is -0.132. The summed E-state index contributed by atoms with van der Waals surface area (Å²) in [5, 5.41) is 11.4. The predicted molar refractivity (Wildman–Crippen MR) is 67.0 cm³/mol. The molecule has 1 aromatic rings. The molecular weight excluding hydrogens is 212 g/mol. The quantitative estimate of drug-likeness (QED) is 0.632. The molecule has 1 aromatic carbocycles. The summed E-state index contributed by atoms with van der Waals surface area (Å²) < 4.78 is 0. The summed E-state index contributed by atoms with van der Waals surface area (Å²) in [5.74, 6) is -0.132. The maximum atomic E-state index is 11.3. The van der Waals surface area contributed by atoms with Gasteiger partial charge in [0.05, 0.1) is 11.6 Å². The number of benzene rings is 1. The normalized spacial score (nSPS) is 10.6. The molecule has 0 unspecified atom stereocenters. The summed E-state index contributed by atoms with van der Waals surface area (Å²) >= 11 is 0. The molecule has 3 heteroatoms. The second-order valence-corrected chi connectivity index (χ2v) is 3.41. The zero-order chi connectivity index (χ0) is 12.5. The van der Waals surface area contributed by atoms with Crippen molar-refractivity contribution in [2.75, 3.05) is 0 Å². The maximum absolute atomic E-state index is 11.3. The van der Waals surface area contributed by atoms with Crippen LogP contribution in [0.3, 0.4) is 0 Å². The molecule has 0 aliphatic carbocycles. The van der Waals surface area contributed by atoms with Crippen molar-refractivity contribution in [3.05, 3.63) is 59.7 Å². The smallest absolute Gasteiger partial charge is 0.244 e. The second kappa shape index (κ2) is 7.02. The molecule has 0 saturated carbocycles. The van der Waals surface area contributed by atoms with Crippen LogP contribution in [-0.2, 0) is 11.3 Å². The van der Waals surface area contributed by atoms with Crippen LogP contribution in [0, 0.1) is 11.3 Å². The highest BCUT2D eigenvalue weighted by Crippen LogP contribution is 2.02. The number of hydrogen-bond donors (Lipinski definition) is 1. The number of carbonyl (C=O) groups is 1. The molecule has 0 spiro atoms. The number of allylic oxidation sites excluding steroid dienone is 3. The van der Waals surface area contributed by atoms with Gasteiger partial charge in [0.2, 0.25) is 5.91 Å². The number of rotatable bonds is 4. The van der Waals surface area contributed by atoms with Crippen molar-refractivity contribution >= 4 is 5.91 Å². The molecule has 0 heterocycles. The van der Waals surface area contributed by atoms with Gasteiger partial charge in [-0.3, -0.25) is 4.79 Å². The Morgan fingerprint density at radius 1 is 1.35 bits per heavy atom. The molecule has 0 radical (unpaired) electrons. The minimum Gasteiger partial charge on any atom is -0.348 e. The summed E-state index contributed by atoms with van der Waals surface area (Å²) in [5.41, 5.74) is 1.59. The molecule has 1 N–H and O–H groups in total. The van der Waals surface area contributed by atoms with Gasteiger partial charge in [0, 0.05) is 12.6 Å². The van der Waals surface area contributed by atoms with Crippen molar-refractivity contribution in [1.29, 1.82) is 5.26 Å². The molecule has 0 bridgehead atoms. The van der Waals surface area contributed by atoms with E-state index in [0.29, 0.717) is 12.1 Å². The third-order valence-corrected chi connectivity index (χ3v) is 2.10. The van der Waals surface area contributed by atoms with Crippen LogP contribution in [0.4, 0.5) is 0 Å². The van der Waals surface area contributed by atoms with E-state index in [1.807, 2.05) is 31.2 Å². The standard InChI is InChI=1S/C14H14N2O/c1-2-3-4-5-14(17)16-11-13-8-6-12(10-15)7-9-13/h2-9H,11H2,1H3,(H,16,17). The number of amides is 1. The van der Waals surface area contributed by atoms with E-state index in [9.17, 15) is 4.79 Å². The molecule has 0 fully saturated rings. The molecule has 1 amide bonds. The average molecular weight is 226 g/mol. The predicted octanol–water partition coefficient (Wildman–Crippen LogP) is 2.31. The van der Waals surface area contributed by atoms with Crippen LogP contribution in [0.5, 0.6) is 0 Å². The first-order valence-corrected chi connectivity index (χ1v) is 5.32. The Balaban J connectivity index is 2.45. The van der Waals surface area contributed by atoms with Crippen molar-refractivity contribution in [1.82, 2.24) is 5.32 Å². The van der Waals surface area contributed by atoms with Gasteiger partial charge >= 0.3 is 0 Å². The zero-order valence-electron chi connectivity index (χ0n) is 9.68. The number of carbonyl (C=O) groups excluding carboxylic acids is 1. The maximum Gasteiger partial charge on any atom is 0.244 e. The van der Waals surface area contributed by atoms with E-state index in [4.69, 9.17) is 5.26 Å². The summed E-state index contributed by atoms with van der Waals surface area (Å²) in [4.78, 5) is 11.3. The van der Waals surface area contributed by atoms with Crippen LogP contribution in [0.2, 0.25) is 0 Å². The Hall–Kier alpha value is -2.34. The lowest BCUT2D eigenvalue weighted by molar-refractivity contribution is -0.116. The Labute approximate surface area is 101 Å². The van der Waals surface area contributed by atoms with E-state index in [0.717, 1.165) is 5.56 Å². The van der Waals surface area contributed by atoms with Crippen LogP contribution in [0.1, 0.15) is 18.1 Å². The molecule has 0 aliphatic heterocycles. The Bertz CT molecular complexity index is 464. The first-order valence-electron chi connectivity index (χ1n) is 5.32. The van der Waals surface area contributed by atoms with Gasteiger partial charge in [0.25, 0.3) is 0 Å². The van der Waals surface area contributed by atoms with E-state index in [1.54, 1.807) is 24.3 Å². The fraction of sp³-hybridized carbons (Fsp3) is 0.143. The monoisotopic (exact) mass is 226 g/mol. The Morgan fingerprint density at radius 3 is 2.65 bits per heavy atom. The number of hydrogen-bond acceptors (Lipinski definition) is 2. The molecule has 0 aliphatic rings. The van der Waals surface area contributed by atoms with Gasteiger partial charge in [-0.15, -0.1) is 0 Å². The van der Waals surface area contributed by atoms with Crippen LogP contribution >= 0.6 is 0 Å². The number of nitriles is 1. The van der Waals surface area contributed by atoms with Crippen LogP contribution in [0.25, 0.3) is 0 Å². The van der Waals surface area contributed by atoms with Gasteiger partial charge in [-0.2, -0.15) is 5.26 Å². The van der Waals surface area contributed by atoms with Crippen LogP contribution in [-0.4, -0.2) is 5.91 Å². The molecule has 86 valence electrons. The summed E-state index contributed by atoms with van der Waals surface area (Å²) in [7, 11) is 0. The lowest BCUT2D eigenvalue weighted by Crippen LogP contribution is -2.20. The van der Waals surface area contributed by atoms with Gasteiger partial charge in [-0.05, 0) is 24.6 Å². The van der Waals surface area contributed by atoms with Crippen molar-refractivity contribution in [2.45, 2.75) is 13.5 Å². The second-order valence-electron chi connectivity index (χ2n) is 3.41. The number of nitrogens with one attached hydrogen (secondary N) is 1. The van der Waals surface area contributed by atoms with E-state index >= 15 is 0 Å². The molecule has 1 rings (SSSR count). The van der Waals surface area contributed by atoms with Gasteiger partial charge < -0.3 is 5.32 Å². The van der Waals surface area contributed by atoms with Gasteiger partial charge in [0.1, 0.15) is 0 Å². The molecule has 17 heavy (non-hydrogen) atoms. The van der Waals surface area contributed by atoms with Crippen LogP contribution < -0.4 is 5.32 Å². The summed E-state index contributed by atoms with van der Waals surface area (Å²) in [6, 6.07) is 9.17. The fourth-order valence-electron chi connectivity index (χ4n) is 1.20. The van der Waals surface area contributed by atoms with Crippen molar-refractivity contribution in [3.8, 4) is 6.07 Å². The topological polar surface area (TPSA) is 52.9 Å².